The summed E-state index contributed by atoms with van der Waals surface area (Å²) in [6.45, 7) is 2.15. The van der Waals surface area contributed by atoms with E-state index in [-0.39, 0.29) is 23.8 Å². The zero-order valence-corrected chi connectivity index (χ0v) is 16.1. The molecule has 6 nitrogen and oxygen atoms in total. The minimum absolute atomic E-state index is 0.0893. The summed E-state index contributed by atoms with van der Waals surface area (Å²) in [7, 11) is 4.48. The number of methoxy groups -OCH3 is 3. The molecule has 144 valence electrons. The van der Waals surface area contributed by atoms with Gasteiger partial charge in [-0.2, -0.15) is 0 Å². The maximum Gasteiger partial charge on any atom is 0.310 e. The van der Waals surface area contributed by atoms with Crippen LogP contribution in [0, 0.1) is 5.92 Å². The average molecular weight is 363 g/mol. The largest absolute Gasteiger partial charge is 0.493 e. The van der Waals surface area contributed by atoms with Crippen molar-refractivity contribution in [2.24, 2.45) is 5.92 Å². The Bertz CT molecular complexity index is 625. The number of esters is 1. The molecule has 0 aliphatic heterocycles. The Labute approximate surface area is 155 Å². The van der Waals surface area contributed by atoms with Gasteiger partial charge in [-0.3, -0.25) is 9.59 Å². The first-order chi connectivity index (χ1) is 12.5. The number of carbonyl (C=O) groups excluding carboxylic acids is 2. The zero-order chi connectivity index (χ0) is 19.1. The number of amides is 1. The summed E-state index contributed by atoms with van der Waals surface area (Å²) in [5.74, 6) is 0.338. The molecule has 1 aliphatic rings. The first kappa shape index (κ1) is 20.1. The molecule has 6 heteroatoms. The number of rotatable bonds is 7. The highest BCUT2D eigenvalue weighted by Crippen LogP contribution is 2.30. The molecule has 1 aromatic rings. The molecule has 1 amide bonds. The van der Waals surface area contributed by atoms with E-state index in [0.29, 0.717) is 23.6 Å². The molecule has 0 N–H and O–H groups in total. The number of hydrogen-bond acceptors (Lipinski definition) is 5. The van der Waals surface area contributed by atoms with Crippen LogP contribution in [-0.4, -0.2) is 50.7 Å². The van der Waals surface area contributed by atoms with Crippen molar-refractivity contribution < 1.29 is 23.8 Å². The van der Waals surface area contributed by atoms with Crippen molar-refractivity contribution in [2.75, 3.05) is 27.9 Å². The first-order valence-electron chi connectivity index (χ1n) is 9.12. The Balaban J connectivity index is 2.28. The van der Waals surface area contributed by atoms with E-state index in [0.717, 1.165) is 25.7 Å². The third-order valence-corrected chi connectivity index (χ3v) is 4.98. The number of carbonyl (C=O) groups is 2. The van der Waals surface area contributed by atoms with Crippen LogP contribution in [0.5, 0.6) is 11.5 Å². The van der Waals surface area contributed by atoms with Crippen LogP contribution in [0.15, 0.2) is 18.2 Å². The summed E-state index contributed by atoms with van der Waals surface area (Å²) < 4.78 is 15.4. The molecular weight excluding hydrogens is 334 g/mol. The van der Waals surface area contributed by atoms with Gasteiger partial charge < -0.3 is 19.1 Å². The molecule has 0 spiro atoms. The van der Waals surface area contributed by atoms with E-state index in [2.05, 4.69) is 0 Å². The lowest BCUT2D eigenvalue weighted by molar-refractivity contribution is -0.145. The van der Waals surface area contributed by atoms with Crippen molar-refractivity contribution in [3.63, 3.8) is 0 Å². The fourth-order valence-corrected chi connectivity index (χ4v) is 3.50. The Kier molecular flexibility index (Phi) is 7.30. The lowest BCUT2D eigenvalue weighted by Gasteiger charge is -2.35. The average Bonchev–Trinajstić information content (AvgIpc) is 2.70. The topological polar surface area (TPSA) is 65.1 Å². The van der Waals surface area contributed by atoms with Gasteiger partial charge in [0.05, 0.1) is 27.2 Å². The summed E-state index contributed by atoms with van der Waals surface area (Å²) in [5.41, 5.74) is 0.533. The van der Waals surface area contributed by atoms with Crippen molar-refractivity contribution >= 4 is 11.9 Å². The Morgan fingerprint density at radius 1 is 1.08 bits per heavy atom. The van der Waals surface area contributed by atoms with Gasteiger partial charge in [0, 0.05) is 18.2 Å². The Morgan fingerprint density at radius 2 is 1.73 bits per heavy atom. The molecule has 0 aromatic heterocycles. The van der Waals surface area contributed by atoms with Crippen molar-refractivity contribution in [3.8, 4) is 11.5 Å². The minimum Gasteiger partial charge on any atom is -0.493 e. The highest BCUT2D eigenvalue weighted by Gasteiger charge is 2.30. The molecule has 1 saturated carbocycles. The molecule has 1 unspecified atom stereocenters. The van der Waals surface area contributed by atoms with Gasteiger partial charge in [-0.15, -0.1) is 0 Å². The molecule has 1 fully saturated rings. The quantitative estimate of drug-likeness (QED) is 0.696. The summed E-state index contributed by atoms with van der Waals surface area (Å²) in [5, 5.41) is 0. The van der Waals surface area contributed by atoms with Crippen molar-refractivity contribution in [1.29, 1.82) is 0 Å². The standard InChI is InChI=1S/C20H29NO5/c1-14(20(23)26-4)13-21(16-8-6-5-7-9-16)19(22)15-10-11-17(24-2)18(12-15)25-3/h10-12,14,16H,5-9,13H2,1-4H3. The molecule has 0 bridgehead atoms. The van der Waals surface area contributed by atoms with Crippen LogP contribution in [0.4, 0.5) is 0 Å². The smallest absolute Gasteiger partial charge is 0.310 e. The van der Waals surface area contributed by atoms with Crippen molar-refractivity contribution in [3.05, 3.63) is 23.8 Å². The fraction of sp³-hybridized carbons (Fsp3) is 0.600. The fourth-order valence-electron chi connectivity index (χ4n) is 3.50. The van der Waals surface area contributed by atoms with E-state index in [1.165, 1.54) is 13.5 Å². The van der Waals surface area contributed by atoms with Crippen LogP contribution in [0.3, 0.4) is 0 Å². The minimum atomic E-state index is -0.369. The lowest BCUT2D eigenvalue weighted by atomic mass is 9.93. The molecule has 1 aliphatic carbocycles. The lowest BCUT2D eigenvalue weighted by Crippen LogP contribution is -2.45. The second kappa shape index (κ2) is 9.46. The third-order valence-electron chi connectivity index (χ3n) is 4.98. The van der Waals surface area contributed by atoms with Gasteiger partial charge in [-0.25, -0.2) is 0 Å². The van der Waals surface area contributed by atoms with Gasteiger partial charge in [0.1, 0.15) is 0 Å². The van der Waals surface area contributed by atoms with E-state index in [9.17, 15) is 9.59 Å². The van der Waals surface area contributed by atoms with Gasteiger partial charge in [0.2, 0.25) is 0 Å². The molecule has 26 heavy (non-hydrogen) atoms. The van der Waals surface area contributed by atoms with Gasteiger partial charge in [0.25, 0.3) is 5.91 Å². The molecular formula is C20H29NO5. The van der Waals surface area contributed by atoms with E-state index in [1.807, 2.05) is 4.90 Å². The summed E-state index contributed by atoms with van der Waals surface area (Å²) in [6, 6.07) is 5.31. The van der Waals surface area contributed by atoms with Crippen molar-refractivity contribution in [1.82, 2.24) is 4.90 Å². The number of ether oxygens (including phenoxy) is 3. The van der Waals surface area contributed by atoms with Crippen LogP contribution in [-0.2, 0) is 9.53 Å². The molecule has 0 saturated heterocycles. The maximum atomic E-state index is 13.2. The molecule has 0 radical (unpaired) electrons. The number of nitrogens with zero attached hydrogens (tertiary/aromatic N) is 1. The third kappa shape index (κ3) is 4.68. The monoisotopic (exact) mass is 363 g/mol. The van der Waals surface area contributed by atoms with Crippen LogP contribution in [0.25, 0.3) is 0 Å². The molecule has 1 atom stereocenters. The van der Waals surface area contributed by atoms with Crippen LogP contribution < -0.4 is 9.47 Å². The second-order valence-corrected chi connectivity index (χ2v) is 6.74. The highest BCUT2D eigenvalue weighted by molar-refractivity contribution is 5.95. The first-order valence-corrected chi connectivity index (χ1v) is 9.12. The molecule has 1 aromatic carbocycles. The van der Waals surface area contributed by atoms with Gasteiger partial charge >= 0.3 is 5.97 Å². The normalized spacial score (nSPS) is 15.8. The van der Waals surface area contributed by atoms with Crippen LogP contribution >= 0.6 is 0 Å². The summed E-state index contributed by atoms with van der Waals surface area (Å²) >= 11 is 0. The highest BCUT2D eigenvalue weighted by atomic mass is 16.5. The summed E-state index contributed by atoms with van der Waals surface area (Å²) in [6.07, 6.45) is 5.33. The number of benzene rings is 1. The Morgan fingerprint density at radius 3 is 2.31 bits per heavy atom. The van der Waals surface area contributed by atoms with Crippen molar-refractivity contribution in [2.45, 2.75) is 45.1 Å². The van der Waals surface area contributed by atoms with Crippen LogP contribution in [0.1, 0.15) is 49.4 Å². The molecule has 2 rings (SSSR count). The predicted molar refractivity (Wildman–Crippen MR) is 98.6 cm³/mol. The van der Waals surface area contributed by atoms with E-state index in [4.69, 9.17) is 14.2 Å². The second-order valence-electron chi connectivity index (χ2n) is 6.74. The maximum absolute atomic E-state index is 13.2. The van der Waals surface area contributed by atoms with E-state index < -0.39 is 0 Å². The van der Waals surface area contributed by atoms with E-state index in [1.54, 1.807) is 39.3 Å². The molecule has 0 heterocycles. The Hall–Kier alpha value is -2.24. The SMILES string of the molecule is COC(=O)C(C)CN(C(=O)c1ccc(OC)c(OC)c1)C1CCCCC1. The zero-order valence-electron chi connectivity index (χ0n) is 16.1. The summed E-state index contributed by atoms with van der Waals surface area (Å²) in [4.78, 5) is 26.9. The predicted octanol–water partition coefficient (Wildman–Crippen LogP) is 3.29. The number of hydrogen-bond donors (Lipinski definition) is 0. The van der Waals surface area contributed by atoms with Gasteiger partial charge in [-0.05, 0) is 31.0 Å². The van der Waals surface area contributed by atoms with Gasteiger partial charge in [0.15, 0.2) is 11.5 Å². The van der Waals surface area contributed by atoms with Crippen LogP contribution in [0.2, 0.25) is 0 Å². The van der Waals surface area contributed by atoms with E-state index >= 15 is 0 Å². The van der Waals surface area contributed by atoms with Gasteiger partial charge in [-0.1, -0.05) is 26.2 Å².